The second-order valence-electron chi connectivity index (χ2n) is 4.40. The van der Waals surface area contributed by atoms with E-state index in [1.165, 1.54) is 0 Å². The van der Waals surface area contributed by atoms with Crippen LogP contribution in [0.3, 0.4) is 0 Å². The van der Waals surface area contributed by atoms with E-state index in [1.54, 1.807) is 6.92 Å². The molecule has 0 aromatic heterocycles. The fourth-order valence-electron chi connectivity index (χ4n) is 1.26. The van der Waals surface area contributed by atoms with Crippen LogP contribution in [0.5, 0.6) is 0 Å². The molecular weight excluding hydrogens is 248 g/mol. The Morgan fingerprint density at radius 3 is 2.11 bits per heavy atom. The number of hydrogen-bond donors (Lipinski definition) is 0. The van der Waals surface area contributed by atoms with Crippen molar-refractivity contribution in [1.29, 1.82) is 0 Å². The molecular formula is C14H26O5. The van der Waals surface area contributed by atoms with Crippen LogP contribution in [0.1, 0.15) is 27.7 Å². The lowest BCUT2D eigenvalue weighted by atomic mass is 10.4. The maximum atomic E-state index is 10.9. The van der Waals surface area contributed by atoms with Crippen molar-refractivity contribution >= 4 is 5.97 Å². The van der Waals surface area contributed by atoms with Crippen molar-refractivity contribution in [1.82, 2.24) is 0 Å². The van der Waals surface area contributed by atoms with Crippen LogP contribution >= 0.6 is 0 Å². The molecule has 0 saturated carbocycles. The number of ether oxygens (including phenoxy) is 4. The van der Waals surface area contributed by atoms with Crippen molar-refractivity contribution in [2.75, 3.05) is 26.4 Å². The Labute approximate surface area is 115 Å². The van der Waals surface area contributed by atoms with E-state index in [4.69, 9.17) is 18.9 Å². The topological polar surface area (TPSA) is 54.0 Å². The minimum atomic E-state index is -0.440. The summed E-state index contributed by atoms with van der Waals surface area (Å²) in [5.41, 5.74) is 0. The van der Waals surface area contributed by atoms with Gasteiger partial charge >= 0.3 is 5.97 Å². The fourth-order valence-corrected chi connectivity index (χ4v) is 1.26. The van der Waals surface area contributed by atoms with E-state index in [0.29, 0.717) is 26.4 Å². The summed E-state index contributed by atoms with van der Waals surface area (Å²) >= 11 is 0. The zero-order valence-electron chi connectivity index (χ0n) is 12.4. The molecule has 3 unspecified atom stereocenters. The SMILES string of the molecule is C=CC(=O)OC(C)COC(C)COC(C)COCC. The largest absolute Gasteiger partial charge is 0.457 e. The summed E-state index contributed by atoms with van der Waals surface area (Å²) in [7, 11) is 0. The van der Waals surface area contributed by atoms with E-state index in [0.717, 1.165) is 6.08 Å². The Bertz CT molecular complexity index is 254. The summed E-state index contributed by atoms with van der Waals surface area (Å²) in [6.07, 6.45) is 0.822. The van der Waals surface area contributed by atoms with Crippen LogP contribution in [0.2, 0.25) is 0 Å². The maximum absolute atomic E-state index is 10.9. The summed E-state index contributed by atoms with van der Waals surface area (Å²) in [5.74, 6) is -0.440. The molecule has 0 saturated heterocycles. The molecule has 0 rings (SSSR count). The molecule has 0 aliphatic carbocycles. The molecule has 19 heavy (non-hydrogen) atoms. The molecule has 0 bridgehead atoms. The molecule has 5 heteroatoms. The molecule has 0 amide bonds. The van der Waals surface area contributed by atoms with Gasteiger partial charge in [-0.25, -0.2) is 4.79 Å². The summed E-state index contributed by atoms with van der Waals surface area (Å²) < 4.78 is 21.3. The van der Waals surface area contributed by atoms with Gasteiger partial charge in [-0.3, -0.25) is 0 Å². The molecule has 0 heterocycles. The Kier molecular flexibility index (Phi) is 10.4. The molecule has 0 aliphatic rings. The van der Waals surface area contributed by atoms with Crippen LogP contribution in [0.15, 0.2) is 12.7 Å². The quantitative estimate of drug-likeness (QED) is 0.426. The standard InChI is InChI=1S/C14H26O5/c1-6-14(15)19-13(5)10-18-12(4)9-17-11(3)8-16-7-2/h6,11-13H,1,7-10H2,2-5H3. The van der Waals surface area contributed by atoms with Crippen molar-refractivity contribution in [2.45, 2.75) is 46.0 Å². The number of rotatable bonds is 11. The number of esters is 1. The van der Waals surface area contributed by atoms with E-state index in [1.807, 2.05) is 20.8 Å². The van der Waals surface area contributed by atoms with Crippen LogP contribution in [0.4, 0.5) is 0 Å². The second kappa shape index (κ2) is 11.0. The first-order valence-electron chi connectivity index (χ1n) is 6.63. The van der Waals surface area contributed by atoms with Gasteiger partial charge in [0.15, 0.2) is 0 Å². The Morgan fingerprint density at radius 2 is 1.58 bits per heavy atom. The van der Waals surface area contributed by atoms with Gasteiger partial charge in [-0.1, -0.05) is 6.58 Å². The summed E-state index contributed by atoms with van der Waals surface area (Å²) in [6, 6.07) is 0. The van der Waals surface area contributed by atoms with Gasteiger partial charge in [-0.15, -0.1) is 0 Å². The third-order valence-electron chi connectivity index (χ3n) is 2.27. The predicted octanol–water partition coefficient (Wildman–Crippen LogP) is 1.95. The normalized spacial score (nSPS) is 15.6. The van der Waals surface area contributed by atoms with E-state index in [2.05, 4.69) is 6.58 Å². The molecule has 0 aromatic rings. The average Bonchev–Trinajstić information content (AvgIpc) is 2.40. The highest BCUT2D eigenvalue weighted by Gasteiger charge is 2.11. The zero-order chi connectivity index (χ0) is 14.7. The molecule has 0 spiro atoms. The summed E-state index contributed by atoms with van der Waals surface area (Å²) in [4.78, 5) is 10.9. The number of carbonyl (C=O) groups excluding carboxylic acids is 1. The van der Waals surface area contributed by atoms with Gasteiger partial charge in [-0.05, 0) is 27.7 Å². The van der Waals surface area contributed by atoms with Crippen molar-refractivity contribution < 1.29 is 23.7 Å². The predicted molar refractivity (Wildman–Crippen MR) is 73.1 cm³/mol. The lowest BCUT2D eigenvalue weighted by Gasteiger charge is -2.19. The van der Waals surface area contributed by atoms with E-state index in [-0.39, 0.29) is 18.3 Å². The summed E-state index contributed by atoms with van der Waals surface area (Å²) in [5, 5.41) is 0. The van der Waals surface area contributed by atoms with Gasteiger partial charge in [0.1, 0.15) is 6.10 Å². The lowest BCUT2D eigenvalue weighted by molar-refractivity contribution is -0.147. The van der Waals surface area contributed by atoms with Crippen LogP contribution in [0, 0.1) is 0 Å². The van der Waals surface area contributed by atoms with E-state index >= 15 is 0 Å². The summed E-state index contributed by atoms with van der Waals surface area (Å²) in [6.45, 7) is 13.0. The molecule has 0 fully saturated rings. The third-order valence-corrected chi connectivity index (χ3v) is 2.27. The molecule has 0 radical (unpaired) electrons. The van der Waals surface area contributed by atoms with Crippen LogP contribution in [-0.4, -0.2) is 50.7 Å². The highest BCUT2D eigenvalue weighted by molar-refractivity contribution is 5.81. The first kappa shape index (κ1) is 18.1. The Hall–Kier alpha value is -0.910. The van der Waals surface area contributed by atoms with Gasteiger partial charge in [0, 0.05) is 12.7 Å². The molecule has 3 atom stereocenters. The van der Waals surface area contributed by atoms with Gasteiger partial charge in [0.2, 0.25) is 0 Å². The highest BCUT2D eigenvalue weighted by atomic mass is 16.6. The van der Waals surface area contributed by atoms with Gasteiger partial charge in [-0.2, -0.15) is 0 Å². The lowest BCUT2D eigenvalue weighted by Crippen LogP contribution is -2.27. The van der Waals surface area contributed by atoms with Crippen LogP contribution in [0.25, 0.3) is 0 Å². The third kappa shape index (κ3) is 10.7. The average molecular weight is 274 g/mol. The van der Waals surface area contributed by atoms with Crippen LogP contribution < -0.4 is 0 Å². The molecule has 0 aromatic carbocycles. The highest BCUT2D eigenvalue weighted by Crippen LogP contribution is 2.01. The van der Waals surface area contributed by atoms with Gasteiger partial charge in [0.25, 0.3) is 0 Å². The van der Waals surface area contributed by atoms with Crippen molar-refractivity contribution in [3.05, 3.63) is 12.7 Å². The van der Waals surface area contributed by atoms with Gasteiger partial charge in [0.05, 0.1) is 32.0 Å². The number of hydrogen-bond acceptors (Lipinski definition) is 5. The fraction of sp³-hybridized carbons (Fsp3) is 0.786. The van der Waals surface area contributed by atoms with E-state index in [9.17, 15) is 4.79 Å². The van der Waals surface area contributed by atoms with E-state index < -0.39 is 5.97 Å². The van der Waals surface area contributed by atoms with Crippen LogP contribution in [-0.2, 0) is 23.7 Å². The Morgan fingerprint density at radius 1 is 1.05 bits per heavy atom. The Balaban J connectivity index is 3.65. The maximum Gasteiger partial charge on any atom is 0.330 e. The van der Waals surface area contributed by atoms with Crippen molar-refractivity contribution in [2.24, 2.45) is 0 Å². The molecule has 112 valence electrons. The molecule has 5 nitrogen and oxygen atoms in total. The number of carbonyl (C=O) groups is 1. The minimum Gasteiger partial charge on any atom is -0.457 e. The first-order chi connectivity index (χ1) is 8.99. The molecule has 0 aliphatic heterocycles. The second-order valence-corrected chi connectivity index (χ2v) is 4.40. The van der Waals surface area contributed by atoms with Crippen molar-refractivity contribution in [3.8, 4) is 0 Å². The smallest absolute Gasteiger partial charge is 0.330 e. The minimum absolute atomic E-state index is 0.0435. The molecule has 0 N–H and O–H groups in total. The van der Waals surface area contributed by atoms with Gasteiger partial charge < -0.3 is 18.9 Å². The first-order valence-corrected chi connectivity index (χ1v) is 6.63. The monoisotopic (exact) mass is 274 g/mol. The zero-order valence-corrected chi connectivity index (χ0v) is 12.4. The van der Waals surface area contributed by atoms with Crippen molar-refractivity contribution in [3.63, 3.8) is 0 Å².